The van der Waals surface area contributed by atoms with Crippen molar-refractivity contribution in [1.82, 2.24) is 19.9 Å². The molecule has 0 saturated heterocycles. The molecule has 118 valence electrons. The molecule has 0 unspecified atom stereocenters. The minimum absolute atomic E-state index is 0.107. The number of rotatable bonds is 3. The number of aromatic hydroxyl groups is 1. The normalized spacial score (nSPS) is 10.9. The molecule has 0 amide bonds. The van der Waals surface area contributed by atoms with E-state index in [4.69, 9.17) is 4.42 Å². The van der Waals surface area contributed by atoms with Gasteiger partial charge in [0.25, 0.3) is 0 Å². The molecular formula is C17H13N5O2. The largest absolute Gasteiger partial charge is 0.507 e. The number of phenolic OH excluding ortho intramolecular Hbond substituents is 1. The number of phenols is 1. The van der Waals surface area contributed by atoms with Gasteiger partial charge in [-0.1, -0.05) is 24.3 Å². The second-order valence-electron chi connectivity index (χ2n) is 5.16. The fraction of sp³-hybridized carbons (Fsp3) is 0.0588. The maximum absolute atomic E-state index is 9.98. The highest BCUT2D eigenvalue weighted by atomic mass is 16.4. The minimum atomic E-state index is 0.107. The number of hydrogen-bond donors (Lipinski definition) is 2. The van der Waals surface area contributed by atoms with Crippen LogP contribution in [0.5, 0.6) is 5.75 Å². The van der Waals surface area contributed by atoms with Gasteiger partial charge in [-0.25, -0.2) is 4.98 Å². The van der Waals surface area contributed by atoms with E-state index in [1.807, 2.05) is 30.3 Å². The molecule has 0 saturated carbocycles. The molecule has 7 nitrogen and oxygen atoms in total. The van der Waals surface area contributed by atoms with Crippen molar-refractivity contribution >= 4 is 23.1 Å². The van der Waals surface area contributed by atoms with E-state index < -0.39 is 0 Å². The quantitative estimate of drug-likeness (QED) is 0.597. The number of aryl methyl sites for hydroxylation is 1. The molecule has 0 fully saturated rings. The molecule has 0 atom stereocenters. The van der Waals surface area contributed by atoms with Crippen molar-refractivity contribution in [2.45, 2.75) is 6.92 Å². The predicted octanol–water partition coefficient (Wildman–Crippen LogP) is 3.44. The number of benzene rings is 2. The average Bonchev–Trinajstić information content (AvgIpc) is 2.96. The summed E-state index contributed by atoms with van der Waals surface area (Å²) < 4.78 is 5.61. The number of oxazole rings is 1. The average molecular weight is 319 g/mol. The van der Waals surface area contributed by atoms with Crippen molar-refractivity contribution in [3.63, 3.8) is 0 Å². The third kappa shape index (κ3) is 2.63. The van der Waals surface area contributed by atoms with Crippen LogP contribution in [0.15, 0.2) is 52.9 Å². The number of hydrogen-bond acceptors (Lipinski definition) is 7. The fourth-order valence-electron chi connectivity index (χ4n) is 2.34. The molecule has 0 aliphatic heterocycles. The lowest BCUT2D eigenvalue weighted by atomic mass is 10.2. The van der Waals surface area contributed by atoms with Crippen molar-refractivity contribution < 1.29 is 9.52 Å². The summed E-state index contributed by atoms with van der Waals surface area (Å²) in [6.45, 7) is 1.75. The monoisotopic (exact) mass is 319 g/mol. The first-order chi connectivity index (χ1) is 11.7. The van der Waals surface area contributed by atoms with E-state index in [1.54, 1.807) is 25.1 Å². The minimum Gasteiger partial charge on any atom is -0.507 e. The Morgan fingerprint density at radius 2 is 1.71 bits per heavy atom. The van der Waals surface area contributed by atoms with Gasteiger partial charge in [-0.05, 0) is 31.2 Å². The van der Waals surface area contributed by atoms with Crippen LogP contribution in [0.1, 0.15) is 5.82 Å². The van der Waals surface area contributed by atoms with Gasteiger partial charge < -0.3 is 9.52 Å². The molecule has 2 aromatic heterocycles. The number of aromatic nitrogens is 4. The Balaban J connectivity index is 1.72. The Kier molecular flexibility index (Phi) is 3.31. The number of anilines is 2. The maximum atomic E-state index is 9.98. The van der Waals surface area contributed by atoms with Gasteiger partial charge in [-0.15, -0.1) is 0 Å². The third-order valence-corrected chi connectivity index (χ3v) is 3.40. The SMILES string of the molecule is Cc1nc(Nc2nc3ccccc3o2)nc(-c2ccccc2O)n1. The van der Waals surface area contributed by atoms with Crippen LogP contribution in [0.4, 0.5) is 12.0 Å². The van der Waals surface area contributed by atoms with E-state index in [0.29, 0.717) is 34.8 Å². The summed E-state index contributed by atoms with van der Waals surface area (Å²) in [4.78, 5) is 17.2. The zero-order valence-electron chi connectivity index (χ0n) is 12.8. The summed E-state index contributed by atoms with van der Waals surface area (Å²) in [7, 11) is 0. The zero-order valence-corrected chi connectivity index (χ0v) is 12.8. The van der Waals surface area contributed by atoms with E-state index in [9.17, 15) is 5.11 Å². The molecule has 2 aromatic carbocycles. The Morgan fingerprint density at radius 1 is 0.917 bits per heavy atom. The lowest BCUT2D eigenvalue weighted by Gasteiger charge is -2.06. The summed E-state index contributed by atoms with van der Waals surface area (Å²) in [5.41, 5.74) is 1.95. The lowest BCUT2D eigenvalue weighted by molar-refractivity contribution is 0.477. The zero-order chi connectivity index (χ0) is 16.5. The summed E-state index contributed by atoms with van der Waals surface area (Å²) in [5.74, 6) is 1.30. The number of fused-ring (bicyclic) bond motifs is 1. The Hall–Kier alpha value is -3.48. The van der Waals surface area contributed by atoms with Crippen LogP contribution in [0.3, 0.4) is 0 Å². The summed E-state index contributed by atoms with van der Waals surface area (Å²) in [6, 6.07) is 14.6. The number of nitrogens with zero attached hydrogens (tertiary/aromatic N) is 4. The fourth-order valence-corrected chi connectivity index (χ4v) is 2.34. The van der Waals surface area contributed by atoms with Crippen molar-refractivity contribution in [3.8, 4) is 17.1 Å². The van der Waals surface area contributed by atoms with E-state index in [-0.39, 0.29) is 5.75 Å². The highest BCUT2D eigenvalue weighted by Gasteiger charge is 2.12. The molecule has 0 radical (unpaired) electrons. The molecule has 0 spiro atoms. The van der Waals surface area contributed by atoms with E-state index >= 15 is 0 Å². The number of nitrogens with one attached hydrogen (secondary N) is 1. The highest BCUT2D eigenvalue weighted by Crippen LogP contribution is 2.27. The molecule has 0 bridgehead atoms. The van der Waals surface area contributed by atoms with Crippen LogP contribution in [-0.2, 0) is 0 Å². The van der Waals surface area contributed by atoms with Gasteiger partial charge >= 0.3 is 6.01 Å². The van der Waals surface area contributed by atoms with Gasteiger partial charge in [-0.3, -0.25) is 5.32 Å². The van der Waals surface area contributed by atoms with Crippen LogP contribution in [0, 0.1) is 6.92 Å². The second-order valence-corrected chi connectivity index (χ2v) is 5.16. The summed E-state index contributed by atoms with van der Waals surface area (Å²) >= 11 is 0. The molecular weight excluding hydrogens is 306 g/mol. The van der Waals surface area contributed by atoms with Gasteiger partial charge in [0.15, 0.2) is 11.4 Å². The molecule has 0 aliphatic carbocycles. The molecule has 4 rings (SSSR count). The Bertz CT molecular complexity index is 995. The van der Waals surface area contributed by atoms with Gasteiger partial charge in [0.2, 0.25) is 5.95 Å². The van der Waals surface area contributed by atoms with Crippen LogP contribution >= 0.6 is 0 Å². The van der Waals surface area contributed by atoms with E-state index in [1.165, 1.54) is 0 Å². The first-order valence-corrected chi connectivity index (χ1v) is 7.33. The van der Waals surface area contributed by atoms with Gasteiger partial charge in [-0.2, -0.15) is 15.0 Å². The predicted molar refractivity (Wildman–Crippen MR) is 89.0 cm³/mol. The molecule has 24 heavy (non-hydrogen) atoms. The van der Waals surface area contributed by atoms with Crippen LogP contribution in [0.2, 0.25) is 0 Å². The van der Waals surface area contributed by atoms with E-state index in [2.05, 4.69) is 25.3 Å². The summed E-state index contributed by atoms with van der Waals surface area (Å²) in [5, 5.41) is 12.9. The van der Waals surface area contributed by atoms with Crippen molar-refractivity contribution in [2.75, 3.05) is 5.32 Å². The Morgan fingerprint density at radius 3 is 2.54 bits per heavy atom. The molecule has 2 N–H and O–H groups in total. The molecule has 0 aliphatic rings. The standard InChI is InChI=1S/C17H13N5O2/c1-10-18-15(11-6-2-4-8-13(11)23)21-16(19-10)22-17-20-12-7-3-5-9-14(12)24-17/h2-9,23H,1H3,(H,18,19,20,21,22). The van der Waals surface area contributed by atoms with Crippen LogP contribution in [0.25, 0.3) is 22.5 Å². The molecule has 7 heteroatoms. The van der Waals surface area contributed by atoms with Gasteiger partial charge in [0.05, 0.1) is 5.56 Å². The van der Waals surface area contributed by atoms with Crippen LogP contribution in [-0.4, -0.2) is 25.0 Å². The van der Waals surface area contributed by atoms with Crippen molar-refractivity contribution in [1.29, 1.82) is 0 Å². The maximum Gasteiger partial charge on any atom is 0.302 e. The molecule has 4 aromatic rings. The smallest absolute Gasteiger partial charge is 0.302 e. The Labute approximate surface area is 137 Å². The van der Waals surface area contributed by atoms with Crippen molar-refractivity contribution in [3.05, 3.63) is 54.4 Å². The molecule has 2 heterocycles. The first-order valence-electron chi connectivity index (χ1n) is 7.33. The lowest BCUT2D eigenvalue weighted by Crippen LogP contribution is -2.03. The first kappa shape index (κ1) is 14.1. The third-order valence-electron chi connectivity index (χ3n) is 3.40. The number of para-hydroxylation sites is 3. The van der Waals surface area contributed by atoms with Gasteiger partial charge in [0.1, 0.15) is 17.1 Å². The topological polar surface area (TPSA) is 97.0 Å². The van der Waals surface area contributed by atoms with Crippen LogP contribution < -0.4 is 5.32 Å². The van der Waals surface area contributed by atoms with E-state index in [0.717, 1.165) is 5.52 Å². The second kappa shape index (κ2) is 5.62. The summed E-state index contributed by atoms with van der Waals surface area (Å²) in [6.07, 6.45) is 0. The van der Waals surface area contributed by atoms with Gasteiger partial charge in [0, 0.05) is 0 Å². The highest BCUT2D eigenvalue weighted by molar-refractivity contribution is 5.74. The van der Waals surface area contributed by atoms with Crippen molar-refractivity contribution in [2.24, 2.45) is 0 Å².